The van der Waals surface area contributed by atoms with Gasteiger partial charge in [-0.05, 0) is 42.0 Å². The molecule has 0 saturated heterocycles. The van der Waals surface area contributed by atoms with E-state index in [1.54, 1.807) is 33.7 Å². The summed E-state index contributed by atoms with van der Waals surface area (Å²) in [6, 6.07) is 7.44. The molecule has 6 nitrogen and oxygen atoms in total. The van der Waals surface area contributed by atoms with Crippen LogP contribution in [0.2, 0.25) is 0 Å². The van der Waals surface area contributed by atoms with Crippen molar-refractivity contribution in [1.82, 2.24) is 10.3 Å². The Kier molecular flexibility index (Phi) is 5.99. The van der Waals surface area contributed by atoms with Crippen molar-refractivity contribution in [2.24, 2.45) is 0 Å². The minimum Gasteiger partial charge on any atom is -0.493 e. The summed E-state index contributed by atoms with van der Waals surface area (Å²) < 4.78 is 16.0. The van der Waals surface area contributed by atoms with Gasteiger partial charge in [-0.25, -0.2) is 0 Å². The molecule has 2 aromatic rings. The van der Waals surface area contributed by atoms with Gasteiger partial charge < -0.3 is 24.8 Å². The summed E-state index contributed by atoms with van der Waals surface area (Å²) >= 11 is 5.28. The Balaban J connectivity index is 2.04. The Hall–Kier alpha value is -2.54. The van der Waals surface area contributed by atoms with Gasteiger partial charge in [-0.1, -0.05) is 0 Å². The second-order valence-corrected chi connectivity index (χ2v) is 4.99. The summed E-state index contributed by atoms with van der Waals surface area (Å²) in [5.41, 5.74) is 1.83. The molecule has 1 aromatic heterocycles. The van der Waals surface area contributed by atoms with Gasteiger partial charge in [0.2, 0.25) is 5.75 Å². The van der Waals surface area contributed by atoms with Crippen molar-refractivity contribution < 1.29 is 14.2 Å². The number of ether oxygens (including phenoxy) is 3. The predicted octanol–water partition coefficient (Wildman–Crippen LogP) is 2.59. The van der Waals surface area contributed by atoms with E-state index in [-0.39, 0.29) is 0 Å². The molecule has 2 N–H and O–H groups in total. The highest BCUT2D eigenvalue weighted by atomic mass is 32.1. The predicted molar refractivity (Wildman–Crippen MR) is 93.4 cm³/mol. The van der Waals surface area contributed by atoms with Gasteiger partial charge in [0.05, 0.1) is 21.3 Å². The number of benzene rings is 1. The number of methoxy groups -OCH3 is 3. The summed E-state index contributed by atoms with van der Waals surface area (Å²) in [4.78, 5) is 3.96. The Morgan fingerprint density at radius 2 is 1.65 bits per heavy atom. The Bertz CT molecular complexity index is 640. The average molecular weight is 333 g/mol. The fourth-order valence-corrected chi connectivity index (χ4v) is 2.22. The molecule has 0 radical (unpaired) electrons. The highest BCUT2D eigenvalue weighted by Gasteiger charge is 2.13. The number of hydrogen-bond donors (Lipinski definition) is 2. The number of anilines is 1. The zero-order chi connectivity index (χ0) is 16.7. The highest BCUT2D eigenvalue weighted by molar-refractivity contribution is 7.80. The maximum atomic E-state index is 5.33. The van der Waals surface area contributed by atoms with Gasteiger partial charge in [-0.2, -0.15) is 0 Å². The summed E-state index contributed by atoms with van der Waals surface area (Å²) in [5, 5.41) is 6.74. The molecule has 0 aliphatic rings. The van der Waals surface area contributed by atoms with Gasteiger partial charge in [-0.3, -0.25) is 4.98 Å². The smallest absolute Gasteiger partial charge is 0.203 e. The topological polar surface area (TPSA) is 64.6 Å². The first-order valence-corrected chi connectivity index (χ1v) is 7.32. The van der Waals surface area contributed by atoms with Crippen LogP contribution in [0.5, 0.6) is 17.2 Å². The lowest BCUT2D eigenvalue weighted by Crippen LogP contribution is -2.27. The molecule has 122 valence electrons. The first-order valence-electron chi connectivity index (χ1n) is 6.91. The fraction of sp³-hybridized carbons (Fsp3) is 0.250. The van der Waals surface area contributed by atoms with Gasteiger partial charge in [-0.15, -0.1) is 0 Å². The standard InChI is InChI=1S/C16H19N3O3S/c1-20-13-8-11(9-14(21-2)15(13)22-3)10-18-16(23)19-12-4-6-17-7-5-12/h4-9H,10H2,1-3H3,(H2,17,18,19,23). The lowest BCUT2D eigenvalue weighted by molar-refractivity contribution is 0.323. The molecule has 0 aliphatic heterocycles. The van der Waals surface area contributed by atoms with Crippen molar-refractivity contribution in [1.29, 1.82) is 0 Å². The van der Waals surface area contributed by atoms with E-state index in [2.05, 4.69) is 15.6 Å². The average Bonchev–Trinajstić information content (AvgIpc) is 2.59. The number of hydrogen-bond acceptors (Lipinski definition) is 5. The van der Waals surface area contributed by atoms with Crippen LogP contribution in [-0.2, 0) is 6.54 Å². The maximum Gasteiger partial charge on any atom is 0.203 e. The van der Waals surface area contributed by atoms with Crippen LogP contribution in [0, 0.1) is 0 Å². The minimum absolute atomic E-state index is 0.518. The zero-order valence-corrected chi connectivity index (χ0v) is 14.1. The summed E-state index contributed by atoms with van der Waals surface area (Å²) in [7, 11) is 4.75. The quantitative estimate of drug-likeness (QED) is 0.788. The van der Waals surface area contributed by atoms with E-state index in [1.165, 1.54) is 0 Å². The van der Waals surface area contributed by atoms with Crippen molar-refractivity contribution in [3.63, 3.8) is 0 Å². The molecular weight excluding hydrogens is 314 g/mol. The molecule has 1 aromatic carbocycles. The van der Waals surface area contributed by atoms with Gasteiger partial charge >= 0.3 is 0 Å². The third kappa shape index (κ3) is 4.46. The van der Waals surface area contributed by atoms with Crippen molar-refractivity contribution in [3.05, 3.63) is 42.2 Å². The number of rotatable bonds is 6. The number of aromatic nitrogens is 1. The second-order valence-electron chi connectivity index (χ2n) is 4.58. The molecule has 0 unspecified atom stereocenters. The molecule has 0 atom stereocenters. The zero-order valence-electron chi connectivity index (χ0n) is 13.3. The van der Waals surface area contributed by atoms with Crippen molar-refractivity contribution >= 4 is 23.0 Å². The van der Waals surface area contributed by atoms with E-state index in [4.69, 9.17) is 26.4 Å². The number of thiocarbonyl (C=S) groups is 1. The second kappa shape index (κ2) is 8.19. The lowest BCUT2D eigenvalue weighted by atomic mass is 10.2. The lowest BCUT2D eigenvalue weighted by Gasteiger charge is -2.15. The van der Waals surface area contributed by atoms with Gasteiger partial charge in [0.25, 0.3) is 0 Å². The number of nitrogens with one attached hydrogen (secondary N) is 2. The SMILES string of the molecule is COc1cc(CNC(=S)Nc2ccncc2)cc(OC)c1OC. The summed E-state index contributed by atoms with van der Waals surface area (Å²) in [6.07, 6.45) is 3.40. The molecule has 2 rings (SSSR count). The largest absolute Gasteiger partial charge is 0.493 e. The van der Waals surface area contributed by atoms with Crippen LogP contribution in [-0.4, -0.2) is 31.4 Å². The van der Waals surface area contributed by atoms with E-state index >= 15 is 0 Å². The van der Waals surface area contributed by atoms with Crippen LogP contribution in [0.25, 0.3) is 0 Å². The Morgan fingerprint density at radius 1 is 1.04 bits per heavy atom. The number of pyridine rings is 1. The first-order chi connectivity index (χ1) is 11.2. The molecule has 0 aliphatic carbocycles. The third-order valence-corrected chi connectivity index (χ3v) is 3.36. The minimum atomic E-state index is 0.518. The van der Waals surface area contributed by atoms with Crippen LogP contribution < -0.4 is 24.8 Å². The molecule has 0 amide bonds. The van der Waals surface area contributed by atoms with Crippen molar-refractivity contribution in [2.75, 3.05) is 26.6 Å². The molecule has 0 spiro atoms. The number of nitrogens with zero attached hydrogens (tertiary/aromatic N) is 1. The van der Waals surface area contributed by atoms with Crippen LogP contribution in [0.15, 0.2) is 36.7 Å². The molecule has 0 bridgehead atoms. The van der Waals surface area contributed by atoms with Gasteiger partial charge in [0.1, 0.15) is 0 Å². The monoisotopic (exact) mass is 333 g/mol. The van der Waals surface area contributed by atoms with Crippen LogP contribution >= 0.6 is 12.2 Å². The molecule has 23 heavy (non-hydrogen) atoms. The van der Waals surface area contributed by atoms with E-state index in [9.17, 15) is 0 Å². The van der Waals surface area contributed by atoms with Crippen LogP contribution in [0.3, 0.4) is 0 Å². The molecular formula is C16H19N3O3S. The third-order valence-electron chi connectivity index (χ3n) is 3.12. The summed E-state index contributed by atoms with van der Waals surface area (Å²) in [6.45, 7) is 0.521. The molecule has 1 heterocycles. The Labute approximate surface area is 140 Å². The van der Waals surface area contributed by atoms with E-state index in [1.807, 2.05) is 24.3 Å². The maximum absolute atomic E-state index is 5.33. The molecule has 7 heteroatoms. The first kappa shape index (κ1) is 16.8. The van der Waals surface area contributed by atoms with E-state index in [0.29, 0.717) is 28.9 Å². The highest BCUT2D eigenvalue weighted by Crippen LogP contribution is 2.38. The normalized spacial score (nSPS) is 9.87. The van der Waals surface area contributed by atoms with Crippen LogP contribution in [0.1, 0.15) is 5.56 Å². The van der Waals surface area contributed by atoms with Gasteiger partial charge in [0, 0.05) is 24.6 Å². The van der Waals surface area contributed by atoms with E-state index < -0.39 is 0 Å². The Morgan fingerprint density at radius 3 is 2.17 bits per heavy atom. The molecule has 0 fully saturated rings. The molecule has 0 saturated carbocycles. The van der Waals surface area contributed by atoms with Crippen LogP contribution in [0.4, 0.5) is 5.69 Å². The summed E-state index contributed by atoms with van der Waals surface area (Å²) in [5.74, 6) is 1.78. The fourth-order valence-electron chi connectivity index (χ4n) is 2.03. The van der Waals surface area contributed by atoms with Crippen molar-refractivity contribution in [2.45, 2.75) is 6.54 Å². The van der Waals surface area contributed by atoms with E-state index in [0.717, 1.165) is 11.3 Å². The van der Waals surface area contributed by atoms with Gasteiger partial charge in [0.15, 0.2) is 16.6 Å². The van der Waals surface area contributed by atoms with Crippen molar-refractivity contribution in [3.8, 4) is 17.2 Å².